The van der Waals surface area contributed by atoms with Crippen LogP contribution in [0.25, 0.3) is 0 Å². The first-order chi connectivity index (χ1) is 8.41. The van der Waals surface area contributed by atoms with Gasteiger partial charge in [0.2, 0.25) is 0 Å². The Morgan fingerprint density at radius 1 is 1.39 bits per heavy atom. The van der Waals surface area contributed by atoms with Crippen LogP contribution in [0.4, 0.5) is 5.82 Å². The van der Waals surface area contributed by atoms with Crippen LogP contribution in [-0.4, -0.2) is 20.0 Å². The second-order valence-electron chi connectivity index (χ2n) is 5.32. The number of aryl methyl sites for hydroxylation is 1. The van der Waals surface area contributed by atoms with E-state index in [0.717, 1.165) is 22.8 Å². The van der Waals surface area contributed by atoms with Crippen molar-refractivity contribution in [3.63, 3.8) is 0 Å². The molecule has 6 heteroatoms. The summed E-state index contributed by atoms with van der Waals surface area (Å²) in [5.74, 6) is 0.508. The van der Waals surface area contributed by atoms with Gasteiger partial charge in [-0.05, 0) is 6.42 Å². The van der Waals surface area contributed by atoms with Gasteiger partial charge in [0.25, 0.3) is 0 Å². The normalized spacial score (nSPS) is 12.0. The van der Waals surface area contributed by atoms with Crippen molar-refractivity contribution in [1.29, 1.82) is 0 Å². The van der Waals surface area contributed by atoms with E-state index in [0.29, 0.717) is 12.4 Å². The fourth-order valence-electron chi connectivity index (χ4n) is 1.95. The highest BCUT2D eigenvalue weighted by atomic mass is 32.1. The van der Waals surface area contributed by atoms with Crippen molar-refractivity contribution in [3.8, 4) is 0 Å². The lowest BCUT2D eigenvalue weighted by Crippen LogP contribution is -2.20. The number of hydrogen-bond donors (Lipinski definition) is 1. The Balaban J connectivity index is 2.29. The van der Waals surface area contributed by atoms with Gasteiger partial charge in [0.1, 0.15) is 0 Å². The van der Waals surface area contributed by atoms with Crippen LogP contribution in [0.1, 0.15) is 44.1 Å². The summed E-state index contributed by atoms with van der Waals surface area (Å²) >= 11 is 1.69. The summed E-state index contributed by atoms with van der Waals surface area (Å²) in [5, 5.41) is 11.3. The van der Waals surface area contributed by atoms with E-state index in [2.05, 4.69) is 48.4 Å². The van der Waals surface area contributed by atoms with Crippen molar-refractivity contribution in [3.05, 3.63) is 21.8 Å². The summed E-state index contributed by atoms with van der Waals surface area (Å²) in [6.07, 6.45) is 0.969. The fraction of sp³-hybridized carbons (Fsp3) is 0.583. The zero-order valence-electron chi connectivity index (χ0n) is 11.3. The van der Waals surface area contributed by atoms with Gasteiger partial charge < -0.3 is 5.73 Å². The van der Waals surface area contributed by atoms with E-state index >= 15 is 0 Å². The van der Waals surface area contributed by atoms with Crippen molar-refractivity contribution in [1.82, 2.24) is 20.0 Å². The van der Waals surface area contributed by atoms with Crippen LogP contribution in [0.3, 0.4) is 0 Å². The standard InChI is InChI=1S/C12H19N5S/c1-5-9-14-8(7-18-9)6-17-10(12(2,3)4)11(13)15-16-17/h7H,5-6,13H2,1-4H3. The molecule has 0 aromatic carbocycles. The Labute approximate surface area is 111 Å². The van der Waals surface area contributed by atoms with E-state index in [-0.39, 0.29) is 5.41 Å². The number of anilines is 1. The molecule has 2 N–H and O–H groups in total. The van der Waals surface area contributed by atoms with Crippen LogP contribution >= 0.6 is 11.3 Å². The monoisotopic (exact) mass is 265 g/mol. The highest BCUT2D eigenvalue weighted by Gasteiger charge is 2.24. The number of nitrogens with two attached hydrogens (primary N) is 1. The third-order valence-corrected chi connectivity index (χ3v) is 3.73. The molecule has 2 aromatic rings. The number of thiazole rings is 1. The van der Waals surface area contributed by atoms with E-state index in [1.54, 1.807) is 11.3 Å². The molecule has 0 spiro atoms. The maximum absolute atomic E-state index is 5.90. The van der Waals surface area contributed by atoms with Crippen LogP contribution < -0.4 is 5.73 Å². The maximum atomic E-state index is 5.90. The van der Waals surface area contributed by atoms with Crippen molar-refractivity contribution in [2.75, 3.05) is 5.73 Å². The molecule has 0 saturated heterocycles. The van der Waals surface area contributed by atoms with E-state index in [1.807, 2.05) is 4.68 Å². The molecule has 0 bridgehead atoms. The van der Waals surface area contributed by atoms with E-state index in [1.165, 1.54) is 0 Å². The fourth-order valence-corrected chi connectivity index (χ4v) is 2.68. The van der Waals surface area contributed by atoms with Gasteiger partial charge >= 0.3 is 0 Å². The van der Waals surface area contributed by atoms with Gasteiger partial charge in [-0.3, -0.25) is 0 Å². The van der Waals surface area contributed by atoms with Gasteiger partial charge in [-0.1, -0.05) is 32.9 Å². The van der Waals surface area contributed by atoms with Crippen molar-refractivity contribution in [2.24, 2.45) is 0 Å². The molecule has 18 heavy (non-hydrogen) atoms. The van der Waals surface area contributed by atoms with Gasteiger partial charge in [0.15, 0.2) is 5.82 Å². The average molecular weight is 265 g/mol. The molecule has 0 radical (unpaired) electrons. The second-order valence-corrected chi connectivity index (χ2v) is 6.26. The highest BCUT2D eigenvalue weighted by molar-refractivity contribution is 7.09. The van der Waals surface area contributed by atoms with Crippen molar-refractivity contribution in [2.45, 2.75) is 46.1 Å². The quantitative estimate of drug-likeness (QED) is 0.924. The van der Waals surface area contributed by atoms with Crippen LogP contribution in [0.15, 0.2) is 5.38 Å². The molecule has 0 aliphatic carbocycles. The third-order valence-electron chi connectivity index (χ3n) is 2.69. The molecular weight excluding hydrogens is 246 g/mol. The Morgan fingerprint density at radius 3 is 2.67 bits per heavy atom. The van der Waals surface area contributed by atoms with Gasteiger partial charge in [0, 0.05) is 10.8 Å². The zero-order chi connectivity index (χ0) is 13.3. The number of nitrogens with zero attached hydrogens (tertiary/aromatic N) is 4. The first-order valence-electron chi connectivity index (χ1n) is 6.04. The molecule has 2 heterocycles. The Morgan fingerprint density at radius 2 is 2.11 bits per heavy atom. The largest absolute Gasteiger partial charge is 0.381 e. The average Bonchev–Trinajstić information content (AvgIpc) is 2.85. The lowest BCUT2D eigenvalue weighted by atomic mass is 9.92. The molecule has 2 rings (SSSR count). The zero-order valence-corrected chi connectivity index (χ0v) is 12.1. The lowest BCUT2D eigenvalue weighted by molar-refractivity contribution is 0.500. The minimum absolute atomic E-state index is 0.0722. The molecule has 0 amide bonds. The predicted octanol–water partition coefficient (Wildman–Crippen LogP) is 2.22. The van der Waals surface area contributed by atoms with Gasteiger partial charge in [0.05, 0.1) is 22.9 Å². The summed E-state index contributed by atoms with van der Waals surface area (Å²) in [7, 11) is 0. The van der Waals surface area contributed by atoms with Crippen LogP contribution in [0.2, 0.25) is 0 Å². The Kier molecular flexibility index (Phi) is 3.38. The smallest absolute Gasteiger partial charge is 0.169 e. The SMILES string of the molecule is CCc1nc(Cn2nnc(N)c2C(C)(C)C)cs1. The van der Waals surface area contributed by atoms with E-state index in [4.69, 9.17) is 5.73 Å². The molecule has 0 unspecified atom stereocenters. The summed E-state index contributed by atoms with van der Waals surface area (Å²) in [6, 6.07) is 0. The summed E-state index contributed by atoms with van der Waals surface area (Å²) in [4.78, 5) is 4.55. The topological polar surface area (TPSA) is 69.6 Å². The minimum Gasteiger partial charge on any atom is -0.381 e. The first kappa shape index (κ1) is 13.0. The molecule has 98 valence electrons. The van der Waals surface area contributed by atoms with Crippen LogP contribution in [-0.2, 0) is 18.4 Å². The van der Waals surface area contributed by atoms with Crippen LogP contribution in [0, 0.1) is 0 Å². The van der Waals surface area contributed by atoms with E-state index < -0.39 is 0 Å². The molecule has 0 aliphatic heterocycles. The van der Waals surface area contributed by atoms with E-state index in [9.17, 15) is 0 Å². The number of hydrogen-bond acceptors (Lipinski definition) is 5. The molecule has 0 fully saturated rings. The van der Waals surface area contributed by atoms with Crippen molar-refractivity contribution >= 4 is 17.2 Å². The number of aromatic nitrogens is 4. The minimum atomic E-state index is -0.0722. The van der Waals surface area contributed by atoms with Gasteiger partial charge in [-0.25, -0.2) is 9.67 Å². The summed E-state index contributed by atoms with van der Waals surface area (Å²) in [5.41, 5.74) is 7.81. The number of nitrogen functional groups attached to an aromatic ring is 1. The maximum Gasteiger partial charge on any atom is 0.169 e. The third kappa shape index (κ3) is 2.53. The Hall–Kier alpha value is -1.43. The second kappa shape index (κ2) is 4.68. The van der Waals surface area contributed by atoms with Gasteiger partial charge in [-0.15, -0.1) is 16.4 Å². The highest BCUT2D eigenvalue weighted by Crippen LogP contribution is 2.26. The molecular formula is C12H19N5S. The summed E-state index contributed by atoms with van der Waals surface area (Å²) in [6.45, 7) is 9.06. The Bertz CT molecular complexity index is 535. The lowest BCUT2D eigenvalue weighted by Gasteiger charge is -2.19. The molecule has 5 nitrogen and oxygen atoms in total. The molecule has 0 saturated carbocycles. The molecule has 0 aliphatic rings. The predicted molar refractivity (Wildman–Crippen MR) is 73.7 cm³/mol. The molecule has 2 aromatic heterocycles. The molecule has 0 atom stereocenters. The number of rotatable bonds is 3. The van der Waals surface area contributed by atoms with Crippen molar-refractivity contribution < 1.29 is 0 Å². The first-order valence-corrected chi connectivity index (χ1v) is 6.92. The summed E-state index contributed by atoms with van der Waals surface area (Å²) < 4.78 is 1.85. The van der Waals surface area contributed by atoms with Crippen LogP contribution in [0.5, 0.6) is 0 Å². The van der Waals surface area contributed by atoms with Gasteiger partial charge in [-0.2, -0.15) is 0 Å².